The van der Waals surface area contributed by atoms with Crippen molar-refractivity contribution in [3.05, 3.63) is 176 Å². The van der Waals surface area contributed by atoms with Crippen molar-refractivity contribution in [1.82, 2.24) is 14.1 Å². The SMILES string of the molecule is c1ccc(-c2cc(-n3c4ccccc4c4ccc(-n5c6ccccc6c6c7oc8ccccc8c7ccc65)cc43)cc(-c3ccccc3)n2)cc1. The van der Waals surface area contributed by atoms with Crippen LogP contribution in [0.15, 0.2) is 180 Å². The van der Waals surface area contributed by atoms with Gasteiger partial charge in [0.25, 0.3) is 0 Å². The summed E-state index contributed by atoms with van der Waals surface area (Å²) < 4.78 is 11.4. The van der Waals surface area contributed by atoms with Gasteiger partial charge in [-0.1, -0.05) is 121 Å². The van der Waals surface area contributed by atoms with Gasteiger partial charge in [0, 0.05) is 43.7 Å². The molecular weight excluding hydrogens is 623 g/mol. The number of rotatable bonds is 4. The number of hydrogen-bond donors (Lipinski definition) is 0. The first-order chi connectivity index (χ1) is 25.3. The number of benzene rings is 7. The second kappa shape index (κ2) is 10.8. The number of fused-ring (bicyclic) bond motifs is 10. The smallest absolute Gasteiger partial charge is 0.145 e. The molecule has 0 unspecified atom stereocenters. The van der Waals surface area contributed by atoms with E-state index in [4.69, 9.17) is 9.40 Å². The highest BCUT2D eigenvalue weighted by Crippen LogP contribution is 2.42. The molecule has 0 saturated carbocycles. The molecule has 238 valence electrons. The number of furan rings is 1. The average Bonchev–Trinajstić information content (AvgIpc) is 3.86. The molecule has 0 bridgehead atoms. The highest BCUT2D eigenvalue weighted by molar-refractivity contribution is 6.24. The Labute approximate surface area is 293 Å². The maximum atomic E-state index is 6.58. The summed E-state index contributed by atoms with van der Waals surface area (Å²) in [5, 5.41) is 7.00. The number of hydrogen-bond acceptors (Lipinski definition) is 2. The van der Waals surface area contributed by atoms with Crippen molar-refractivity contribution in [1.29, 1.82) is 0 Å². The minimum Gasteiger partial charge on any atom is -0.455 e. The molecule has 0 atom stereocenters. The van der Waals surface area contributed by atoms with Gasteiger partial charge >= 0.3 is 0 Å². The third kappa shape index (κ3) is 4.17. The maximum absolute atomic E-state index is 6.58. The minimum atomic E-state index is 0.907. The van der Waals surface area contributed by atoms with E-state index in [2.05, 4.69) is 167 Å². The zero-order chi connectivity index (χ0) is 33.5. The maximum Gasteiger partial charge on any atom is 0.145 e. The van der Waals surface area contributed by atoms with Gasteiger partial charge in [0.15, 0.2) is 0 Å². The van der Waals surface area contributed by atoms with E-state index in [-0.39, 0.29) is 0 Å². The van der Waals surface area contributed by atoms with Crippen LogP contribution in [0.1, 0.15) is 0 Å². The second-order valence-electron chi connectivity index (χ2n) is 13.2. The van der Waals surface area contributed by atoms with Gasteiger partial charge in [0.05, 0.1) is 44.5 Å². The Morgan fingerprint density at radius 2 is 0.922 bits per heavy atom. The van der Waals surface area contributed by atoms with Crippen molar-refractivity contribution in [2.45, 2.75) is 0 Å². The van der Waals surface area contributed by atoms with Crippen molar-refractivity contribution < 1.29 is 4.42 Å². The van der Waals surface area contributed by atoms with E-state index in [9.17, 15) is 0 Å². The summed E-state index contributed by atoms with van der Waals surface area (Å²) in [5.41, 5.74) is 12.6. The molecule has 11 aromatic rings. The molecule has 0 N–H and O–H groups in total. The molecule has 0 spiro atoms. The Morgan fingerprint density at radius 1 is 0.373 bits per heavy atom. The molecule has 0 amide bonds. The summed E-state index contributed by atoms with van der Waals surface area (Å²) in [5.74, 6) is 0. The van der Waals surface area contributed by atoms with Crippen LogP contribution < -0.4 is 0 Å². The van der Waals surface area contributed by atoms with Crippen LogP contribution in [0.2, 0.25) is 0 Å². The fourth-order valence-corrected chi connectivity index (χ4v) is 8.05. The summed E-state index contributed by atoms with van der Waals surface area (Å²) >= 11 is 0. The minimum absolute atomic E-state index is 0.907. The molecule has 0 aliphatic carbocycles. The Balaban J connectivity index is 1.21. The molecule has 4 nitrogen and oxygen atoms in total. The number of nitrogens with zero attached hydrogens (tertiary/aromatic N) is 3. The molecule has 4 aromatic heterocycles. The largest absolute Gasteiger partial charge is 0.455 e. The zero-order valence-electron chi connectivity index (χ0n) is 27.5. The fourth-order valence-electron chi connectivity index (χ4n) is 8.05. The number of aromatic nitrogens is 3. The molecule has 7 aromatic carbocycles. The van der Waals surface area contributed by atoms with Crippen molar-refractivity contribution in [3.8, 4) is 33.9 Å². The summed E-state index contributed by atoms with van der Waals surface area (Å²) in [4.78, 5) is 5.18. The van der Waals surface area contributed by atoms with Crippen molar-refractivity contribution in [2.24, 2.45) is 0 Å². The number of para-hydroxylation sites is 3. The van der Waals surface area contributed by atoms with E-state index < -0.39 is 0 Å². The fraction of sp³-hybridized carbons (Fsp3) is 0. The quantitative estimate of drug-likeness (QED) is 0.190. The lowest BCUT2D eigenvalue weighted by molar-refractivity contribution is 0.673. The molecule has 0 fully saturated rings. The molecule has 0 saturated heterocycles. The second-order valence-corrected chi connectivity index (χ2v) is 13.2. The van der Waals surface area contributed by atoms with Crippen LogP contribution in [0.4, 0.5) is 0 Å². The van der Waals surface area contributed by atoms with Crippen LogP contribution >= 0.6 is 0 Å². The Bertz CT molecular complexity index is 3070. The van der Waals surface area contributed by atoms with Crippen LogP contribution in [0.25, 0.3) is 99.4 Å². The standard InChI is InChI=1S/C47H29N3O/c1-3-13-30(14-4-1)39-27-33(28-40(48-39)31-15-5-2-6-16-31)50-41-20-10-7-17-34(41)35-24-23-32(29-44(35)50)49-42-21-11-8-19-38(42)46-43(49)26-25-37-36-18-9-12-22-45(36)51-47(37)46/h1-29H. The average molecular weight is 652 g/mol. The van der Waals surface area contributed by atoms with Gasteiger partial charge < -0.3 is 13.6 Å². The zero-order valence-corrected chi connectivity index (χ0v) is 27.5. The number of pyridine rings is 1. The van der Waals surface area contributed by atoms with E-state index in [0.717, 1.165) is 83.3 Å². The summed E-state index contributed by atoms with van der Waals surface area (Å²) in [6.45, 7) is 0. The van der Waals surface area contributed by atoms with Crippen molar-refractivity contribution in [3.63, 3.8) is 0 Å². The van der Waals surface area contributed by atoms with Crippen LogP contribution in [0, 0.1) is 0 Å². The van der Waals surface area contributed by atoms with Crippen molar-refractivity contribution >= 4 is 65.6 Å². The Hall–Kier alpha value is -6.91. The highest BCUT2D eigenvalue weighted by Gasteiger charge is 2.20. The third-order valence-corrected chi connectivity index (χ3v) is 10.3. The Kier molecular flexibility index (Phi) is 5.92. The molecule has 4 heterocycles. The summed E-state index contributed by atoms with van der Waals surface area (Å²) in [7, 11) is 0. The van der Waals surface area contributed by atoms with Crippen LogP contribution in [0.5, 0.6) is 0 Å². The topological polar surface area (TPSA) is 35.9 Å². The molecule has 51 heavy (non-hydrogen) atoms. The Morgan fingerprint density at radius 3 is 1.65 bits per heavy atom. The molecule has 4 heteroatoms. The van der Waals surface area contributed by atoms with Gasteiger partial charge in [-0.3, -0.25) is 0 Å². The molecule has 0 aliphatic heterocycles. The summed E-state index contributed by atoms with van der Waals surface area (Å²) in [6.07, 6.45) is 0. The molecule has 0 radical (unpaired) electrons. The van der Waals surface area contributed by atoms with Gasteiger partial charge in [0.2, 0.25) is 0 Å². The highest BCUT2D eigenvalue weighted by atomic mass is 16.3. The monoisotopic (exact) mass is 651 g/mol. The van der Waals surface area contributed by atoms with E-state index in [1.807, 2.05) is 18.2 Å². The van der Waals surface area contributed by atoms with Crippen LogP contribution in [-0.2, 0) is 0 Å². The lowest BCUT2D eigenvalue weighted by Gasteiger charge is -2.14. The van der Waals surface area contributed by atoms with E-state index >= 15 is 0 Å². The predicted molar refractivity (Wildman–Crippen MR) is 211 cm³/mol. The predicted octanol–water partition coefficient (Wildman–Crippen LogP) is 12.5. The first-order valence-electron chi connectivity index (χ1n) is 17.3. The molecule has 0 aliphatic rings. The first-order valence-corrected chi connectivity index (χ1v) is 17.3. The normalized spacial score (nSPS) is 11.9. The van der Waals surface area contributed by atoms with E-state index in [1.165, 1.54) is 16.2 Å². The van der Waals surface area contributed by atoms with Crippen molar-refractivity contribution in [2.75, 3.05) is 0 Å². The van der Waals surface area contributed by atoms with Gasteiger partial charge in [-0.05, 0) is 54.6 Å². The lowest BCUT2D eigenvalue weighted by Crippen LogP contribution is -1.99. The third-order valence-electron chi connectivity index (χ3n) is 10.3. The molecular formula is C47H29N3O. The first kappa shape index (κ1) is 28.0. The van der Waals surface area contributed by atoms with Gasteiger partial charge in [-0.15, -0.1) is 0 Å². The van der Waals surface area contributed by atoms with E-state index in [1.54, 1.807) is 0 Å². The van der Waals surface area contributed by atoms with Gasteiger partial charge in [0.1, 0.15) is 11.2 Å². The van der Waals surface area contributed by atoms with E-state index in [0.29, 0.717) is 0 Å². The lowest BCUT2D eigenvalue weighted by atomic mass is 10.1. The van der Waals surface area contributed by atoms with Gasteiger partial charge in [-0.2, -0.15) is 0 Å². The summed E-state index contributed by atoms with van der Waals surface area (Å²) in [6, 6.07) is 62.4. The van der Waals surface area contributed by atoms with Crippen LogP contribution in [0.3, 0.4) is 0 Å². The molecule has 11 rings (SSSR count). The van der Waals surface area contributed by atoms with Crippen LogP contribution in [-0.4, -0.2) is 14.1 Å². The van der Waals surface area contributed by atoms with Gasteiger partial charge in [-0.25, -0.2) is 4.98 Å².